The molecule has 0 saturated carbocycles. The van der Waals surface area contributed by atoms with E-state index in [9.17, 15) is 8.42 Å². The molecule has 1 heterocycles. The van der Waals surface area contributed by atoms with E-state index in [-0.39, 0.29) is 11.8 Å². The lowest BCUT2D eigenvalue weighted by atomic mass is 10.3. The smallest absolute Gasteiger partial charge is 0.213 e. The predicted octanol–water partition coefficient (Wildman–Crippen LogP) is 0.409. The number of hydrogen-bond acceptors (Lipinski definition) is 4. The summed E-state index contributed by atoms with van der Waals surface area (Å²) in [6.07, 6.45) is 0.960. The van der Waals surface area contributed by atoms with Crippen molar-refractivity contribution in [1.29, 1.82) is 0 Å². The molecule has 15 heavy (non-hydrogen) atoms. The summed E-state index contributed by atoms with van der Waals surface area (Å²) >= 11 is 1.81. The minimum Gasteiger partial charge on any atom is -0.313 e. The molecule has 4 nitrogen and oxygen atoms in total. The third-order valence-electron chi connectivity index (χ3n) is 2.20. The first kappa shape index (κ1) is 13.3. The maximum atomic E-state index is 11.6. The van der Waals surface area contributed by atoms with Gasteiger partial charge in [-0.15, -0.1) is 0 Å². The predicted molar refractivity (Wildman–Crippen MR) is 65.8 cm³/mol. The molecule has 1 aliphatic heterocycles. The summed E-state index contributed by atoms with van der Waals surface area (Å²) < 4.78 is 26.0. The molecular formula is C9H20N2O2S2. The molecule has 2 N–H and O–H groups in total. The fourth-order valence-electron chi connectivity index (χ4n) is 1.42. The summed E-state index contributed by atoms with van der Waals surface area (Å²) in [6, 6.07) is 0.487. The van der Waals surface area contributed by atoms with Gasteiger partial charge in [-0.05, 0) is 12.2 Å². The highest BCUT2D eigenvalue weighted by molar-refractivity contribution is 7.99. The molecule has 1 unspecified atom stereocenters. The van der Waals surface area contributed by atoms with Crippen LogP contribution in [0.4, 0.5) is 0 Å². The number of sulfonamides is 1. The van der Waals surface area contributed by atoms with E-state index >= 15 is 0 Å². The second kappa shape index (κ2) is 6.08. The molecule has 1 aliphatic rings. The third-order valence-corrected chi connectivity index (χ3v) is 4.80. The topological polar surface area (TPSA) is 58.2 Å². The fourth-order valence-corrected chi connectivity index (χ4v) is 3.89. The fraction of sp³-hybridized carbons (Fsp3) is 1.00. The molecule has 0 aliphatic carbocycles. The summed E-state index contributed by atoms with van der Waals surface area (Å²) in [6.45, 7) is 4.54. The van der Waals surface area contributed by atoms with Crippen molar-refractivity contribution in [2.45, 2.75) is 32.4 Å². The van der Waals surface area contributed by atoms with Crippen molar-refractivity contribution in [1.82, 2.24) is 10.0 Å². The Kier molecular flexibility index (Phi) is 5.38. The first-order chi connectivity index (χ1) is 6.99. The van der Waals surface area contributed by atoms with Crippen molar-refractivity contribution in [2.24, 2.45) is 0 Å². The molecule has 1 saturated heterocycles. The van der Waals surface area contributed by atoms with Crippen LogP contribution >= 0.6 is 11.8 Å². The summed E-state index contributed by atoms with van der Waals surface area (Å²) in [7, 11) is -3.09. The van der Waals surface area contributed by atoms with Gasteiger partial charge < -0.3 is 5.32 Å². The van der Waals surface area contributed by atoms with Gasteiger partial charge in [0.1, 0.15) is 0 Å². The van der Waals surface area contributed by atoms with Gasteiger partial charge in [0.2, 0.25) is 10.0 Å². The normalized spacial score (nSPS) is 22.5. The quantitative estimate of drug-likeness (QED) is 0.719. The van der Waals surface area contributed by atoms with Crippen LogP contribution in [0.1, 0.15) is 20.3 Å². The Morgan fingerprint density at radius 2 is 2.20 bits per heavy atom. The average molecular weight is 252 g/mol. The Morgan fingerprint density at radius 1 is 1.47 bits per heavy atom. The van der Waals surface area contributed by atoms with Crippen LogP contribution < -0.4 is 10.0 Å². The summed E-state index contributed by atoms with van der Waals surface area (Å²) in [5, 5.41) is 3.10. The van der Waals surface area contributed by atoms with E-state index in [4.69, 9.17) is 0 Å². The Morgan fingerprint density at radius 3 is 2.73 bits per heavy atom. The number of nitrogens with one attached hydrogen (secondary N) is 2. The maximum Gasteiger partial charge on any atom is 0.213 e. The zero-order chi connectivity index (χ0) is 11.3. The van der Waals surface area contributed by atoms with Crippen LogP contribution in [0.25, 0.3) is 0 Å². The minimum absolute atomic E-state index is 0.152. The van der Waals surface area contributed by atoms with Crippen LogP contribution in [0, 0.1) is 0 Å². The molecule has 0 radical (unpaired) electrons. The van der Waals surface area contributed by atoms with E-state index in [2.05, 4.69) is 10.0 Å². The van der Waals surface area contributed by atoms with Crippen LogP contribution in [-0.4, -0.2) is 44.3 Å². The zero-order valence-electron chi connectivity index (χ0n) is 9.32. The monoisotopic (exact) mass is 252 g/mol. The van der Waals surface area contributed by atoms with Crippen molar-refractivity contribution in [2.75, 3.05) is 23.8 Å². The Labute approximate surface area is 96.6 Å². The zero-order valence-corrected chi connectivity index (χ0v) is 11.0. The second-order valence-corrected chi connectivity index (χ2v) is 7.13. The highest BCUT2D eigenvalue weighted by Crippen LogP contribution is 2.17. The molecule has 0 spiro atoms. The molecule has 1 atom stereocenters. The standard InChI is InChI=1S/C9H20N2O2S2/c1-8(2)10-4-6-15(12,13)11-9-3-5-14-7-9/h8-11H,3-7H2,1-2H3. The van der Waals surface area contributed by atoms with Gasteiger partial charge in [0.15, 0.2) is 0 Å². The highest BCUT2D eigenvalue weighted by Gasteiger charge is 2.21. The van der Waals surface area contributed by atoms with Crippen LogP contribution in [0.15, 0.2) is 0 Å². The van der Waals surface area contributed by atoms with E-state index < -0.39 is 10.0 Å². The Bertz CT molecular complexity index is 272. The lowest BCUT2D eigenvalue weighted by molar-refractivity contribution is 0.552. The molecule has 0 aromatic carbocycles. The van der Waals surface area contributed by atoms with Gasteiger partial charge in [-0.1, -0.05) is 13.8 Å². The van der Waals surface area contributed by atoms with Gasteiger partial charge in [0.25, 0.3) is 0 Å². The summed E-state index contributed by atoms with van der Waals surface area (Å²) in [5.41, 5.74) is 0. The first-order valence-electron chi connectivity index (χ1n) is 5.31. The highest BCUT2D eigenvalue weighted by atomic mass is 32.2. The van der Waals surface area contributed by atoms with E-state index in [1.54, 1.807) is 0 Å². The van der Waals surface area contributed by atoms with E-state index in [1.807, 2.05) is 25.6 Å². The minimum atomic E-state index is -3.09. The van der Waals surface area contributed by atoms with Gasteiger partial charge >= 0.3 is 0 Å². The van der Waals surface area contributed by atoms with Gasteiger partial charge in [0.05, 0.1) is 5.75 Å². The van der Waals surface area contributed by atoms with Crippen LogP contribution in [0.3, 0.4) is 0 Å². The van der Waals surface area contributed by atoms with Gasteiger partial charge in [-0.3, -0.25) is 0 Å². The van der Waals surface area contributed by atoms with Gasteiger partial charge in [-0.25, -0.2) is 13.1 Å². The lowest BCUT2D eigenvalue weighted by Gasteiger charge is -2.13. The molecule has 1 fully saturated rings. The molecule has 6 heteroatoms. The summed E-state index contributed by atoms with van der Waals surface area (Å²) in [5.74, 6) is 2.15. The van der Waals surface area contributed by atoms with Crippen LogP contribution in [-0.2, 0) is 10.0 Å². The van der Waals surface area contributed by atoms with Crippen molar-refractivity contribution in [3.8, 4) is 0 Å². The van der Waals surface area contributed by atoms with E-state index in [0.717, 1.165) is 17.9 Å². The molecule has 1 rings (SSSR count). The van der Waals surface area contributed by atoms with Crippen LogP contribution in [0.5, 0.6) is 0 Å². The first-order valence-corrected chi connectivity index (χ1v) is 8.11. The van der Waals surface area contributed by atoms with Gasteiger partial charge in [-0.2, -0.15) is 11.8 Å². The molecule has 0 aromatic heterocycles. The van der Waals surface area contributed by atoms with Crippen molar-refractivity contribution < 1.29 is 8.42 Å². The maximum absolute atomic E-state index is 11.6. The average Bonchev–Trinajstić information content (AvgIpc) is 2.54. The number of hydrogen-bond donors (Lipinski definition) is 2. The van der Waals surface area contributed by atoms with E-state index in [1.165, 1.54) is 0 Å². The van der Waals surface area contributed by atoms with Crippen molar-refractivity contribution in [3.05, 3.63) is 0 Å². The molecular weight excluding hydrogens is 232 g/mol. The SMILES string of the molecule is CC(C)NCCS(=O)(=O)NC1CCSC1. The molecule has 0 bridgehead atoms. The molecule has 0 aromatic rings. The number of thioether (sulfide) groups is 1. The third kappa shape index (κ3) is 5.75. The summed E-state index contributed by atoms with van der Waals surface area (Å²) in [4.78, 5) is 0. The number of rotatable bonds is 6. The Balaban J connectivity index is 2.25. The van der Waals surface area contributed by atoms with Crippen molar-refractivity contribution in [3.63, 3.8) is 0 Å². The Hall–Kier alpha value is 0.220. The molecule has 0 amide bonds. The second-order valence-electron chi connectivity index (χ2n) is 4.11. The van der Waals surface area contributed by atoms with Crippen molar-refractivity contribution >= 4 is 21.8 Å². The van der Waals surface area contributed by atoms with Crippen LogP contribution in [0.2, 0.25) is 0 Å². The molecule has 90 valence electrons. The van der Waals surface area contributed by atoms with Gasteiger partial charge in [0, 0.05) is 24.4 Å². The van der Waals surface area contributed by atoms with E-state index in [0.29, 0.717) is 12.6 Å². The lowest BCUT2D eigenvalue weighted by Crippen LogP contribution is -2.39. The largest absolute Gasteiger partial charge is 0.313 e.